The van der Waals surface area contributed by atoms with E-state index in [-0.39, 0.29) is 16.9 Å². The second-order valence-corrected chi connectivity index (χ2v) is 3.88. The molecule has 102 valence electrons. The number of hydrogen-bond acceptors (Lipinski definition) is 3. The Morgan fingerprint density at radius 3 is 2.60 bits per heavy atom. The summed E-state index contributed by atoms with van der Waals surface area (Å²) < 4.78 is 13.5. The second kappa shape index (κ2) is 5.35. The minimum atomic E-state index is -1.24. The number of benzene rings is 1. The Kier molecular flexibility index (Phi) is 3.60. The Balaban J connectivity index is 2.30. The van der Waals surface area contributed by atoms with E-state index in [1.807, 2.05) is 0 Å². The van der Waals surface area contributed by atoms with Crippen LogP contribution in [0.2, 0.25) is 0 Å². The number of amides is 1. The molecule has 0 aliphatic heterocycles. The van der Waals surface area contributed by atoms with Crippen LogP contribution in [0.3, 0.4) is 0 Å². The summed E-state index contributed by atoms with van der Waals surface area (Å²) in [5.41, 5.74) is -0.974. The van der Waals surface area contributed by atoms with E-state index in [0.29, 0.717) is 0 Å². The van der Waals surface area contributed by atoms with Gasteiger partial charge >= 0.3 is 5.97 Å². The number of halogens is 1. The van der Waals surface area contributed by atoms with Crippen LogP contribution in [-0.2, 0) is 0 Å². The molecule has 3 N–H and O–H groups in total. The van der Waals surface area contributed by atoms with Crippen LogP contribution in [0, 0.1) is 5.82 Å². The maximum absolute atomic E-state index is 13.5. The minimum absolute atomic E-state index is 0.0578. The number of aromatic nitrogens is 1. The smallest absolute Gasteiger partial charge is 0.335 e. The fourth-order valence-electron chi connectivity index (χ4n) is 1.52. The lowest BCUT2D eigenvalue weighted by Gasteiger charge is -2.07. The highest BCUT2D eigenvalue weighted by Crippen LogP contribution is 2.17. The molecule has 0 bridgehead atoms. The molecule has 7 heteroatoms. The molecule has 0 aliphatic rings. The van der Waals surface area contributed by atoms with Gasteiger partial charge in [-0.1, -0.05) is 6.07 Å². The van der Waals surface area contributed by atoms with Crippen molar-refractivity contribution in [3.8, 4) is 0 Å². The topological polar surface area (TPSA) is 99.3 Å². The minimum Gasteiger partial charge on any atom is -0.478 e. The van der Waals surface area contributed by atoms with Gasteiger partial charge in [-0.3, -0.25) is 9.59 Å². The van der Waals surface area contributed by atoms with Gasteiger partial charge in [-0.15, -0.1) is 0 Å². The summed E-state index contributed by atoms with van der Waals surface area (Å²) in [6, 6.07) is 6.96. The summed E-state index contributed by atoms with van der Waals surface area (Å²) in [7, 11) is 0. The molecular weight excluding hydrogens is 267 g/mol. The van der Waals surface area contributed by atoms with Gasteiger partial charge in [-0.05, 0) is 24.3 Å². The van der Waals surface area contributed by atoms with Crippen molar-refractivity contribution < 1.29 is 19.1 Å². The van der Waals surface area contributed by atoms with Crippen LogP contribution in [0.25, 0.3) is 0 Å². The molecule has 0 unspecified atom stereocenters. The number of nitrogens with one attached hydrogen (secondary N) is 2. The summed E-state index contributed by atoms with van der Waals surface area (Å²) >= 11 is 0. The summed E-state index contributed by atoms with van der Waals surface area (Å²) in [6.45, 7) is 0. The van der Waals surface area contributed by atoms with Crippen LogP contribution in [0.5, 0.6) is 0 Å². The van der Waals surface area contributed by atoms with Gasteiger partial charge in [-0.2, -0.15) is 0 Å². The molecule has 1 heterocycles. The van der Waals surface area contributed by atoms with Crippen molar-refractivity contribution in [2.45, 2.75) is 0 Å². The van der Waals surface area contributed by atoms with Crippen LogP contribution >= 0.6 is 0 Å². The third-order valence-electron chi connectivity index (χ3n) is 2.47. The summed E-state index contributed by atoms with van der Waals surface area (Å²) in [5, 5.41) is 11.0. The molecule has 0 aliphatic carbocycles. The number of carboxylic acid groups (broad SMARTS) is 1. The van der Waals surface area contributed by atoms with Crippen LogP contribution in [0.1, 0.15) is 20.8 Å². The third kappa shape index (κ3) is 2.89. The van der Waals surface area contributed by atoms with Crippen molar-refractivity contribution in [1.82, 2.24) is 4.98 Å². The van der Waals surface area contributed by atoms with E-state index in [9.17, 15) is 18.8 Å². The average Bonchev–Trinajstić information content (AvgIpc) is 2.41. The molecule has 0 radical (unpaired) electrons. The molecule has 20 heavy (non-hydrogen) atoms. The second-order valence-electron chi connectivity index (χ2n) is 3.88. The summed E-state index contributed by atoms with van der Waals surface area (Å²) in [5.74, 6) is -2.76. The van der Waals surface area contributed by atoms with Crippen LogP contribution in [-0.4, -0.2) is 22.0 Å². The van der Waals surface area contributed by atoms with Crippen molar-refractivity contribution >= 4 is 17.6 Å². The van der Waals surface area contributed by atoms with Gasteiger partial charge < -0.3 is 15.4 Å². The molecule has 0 saturated carbocycles. The molecule has 0 saturated heterocycles. The maximum Gasteiger partial charge on any atom is 0.335 e. The number of aromatic carboxylic acids is 1. The number of carbonyl (C=O) groups excluding carboxylic acids is 1. The van der Waals surface area contributed by atoms with Crippen molar-refractivity contribution in [3.63, 3.8) is 0 Å². The average molecular weight is 276 g/mol. The number of hydrogen-bond donors (Lipinski definition) is 3. The highest BCUT2D eigenvalue weighted by atomic mass is 19.1. The molecule has 2 aromatic rings. The van der Waals surface area contributed by atoms with E-state index in [0.717, 1.165) is 18.2 Å². The van der Waals surface area contributed by atoms with Crippen LogP contribution < -0.4 is 10.9 Å². The molecule has 1 aromatic heterocycles. The van der Waals surface area contributed by atoms with E-state index in [1.54, 1.807) is 0 Å². The number of anilines is 1. The molecule has 0 spiro atoms. The van der Waals surface area contributed by atoms with Crippen molar-refractivity contribution in [1.29, 1.82) is 0 Å². The normalized spacial score (nSPS) is 10.1. The molecule has 2 rings (SSSR count). The van der Waals surface area contributed by atoms with Gasteiger partial charge in [0.25, 0.3) is 5.91 Å². The molecular formula is C13H9FN2O4. The third-order valence-corrected chi connectivity index (χ3v) is 2.47. The van der Waals surface area contributed by atoms with Gasteiger partial charge in [0.2, 0.25) is 5.56 Å². The lowest BCUT2D eigenvalue weighted by molar-refractivity contribution is 0.0696. The molecule has 1 aromatic carbocycles. The predicted molar refractivity (Wildman–Crippen MR) is 68.4 cm³/mol. The lowest BCUT2D eigenvalue weighted by atomic mass is 10.2. The molecule has 1 amide bonds. The zero-order valence-electron chi connectivity index (χ0n) is 10.0. The first-order valence-corrected chi connectivity index (χ1v) is 5.51. The molecule has 0 fully saturated rings. The first-order valence-electron chi connectivity index (χ1n) is 5.51. The Morgan fingerprint density at radius 2 is 1.95 bits per heavy atom. The molecule has 6 nitrogen and oxygen atoms in total. The van der Waals surface area contributed by atoms with E-state index >= 15 is 0 Å². The number of carbonyl (C=O) groups is 2. The van der Waals surface area contributed by atoms with Gasteiger partial charge in [0.15, 0.2) is 0 Å². The van der Waals surface area contributed by atoms with Gasteiger partial charge in [0.1, 0.15) is 11.5 Å². The highest BCUT2D eigenvalue weighted by molar-refractivity contribution is 6.03. The zero-order chi connectivity index (χ0) is 14.7. The number of pyridine rings is 1. The maximum atomic E-state index is 13.5. The number of aromatic amines is 1. The number of rotatable bonds is 3. The Bertz CT molecular complexity index is 739. The van der Waals surface area contributed by atoms with E-state index in [2.05, 4.69) is 10.3 Å². The predicted octanol–water partition coefficient (Wildman–Crippen LogP) is 1.46. The standard InChI is InChI=1S/C13H9FN2O4/c14-8-5-4-7(13(19)20)6-10(8)16-12(18)9-2-1-3-11(17)15-9/h1-6H,(H,15,17)(H,16,18)(H,19,20). The molecule has 0 atom stereocenters. The first kappa shape index (κ1) is 13.5. The van der Waals surface area contributed by atoms with Crippen LogP contribution in [0.15, 0.2) is 41.2 Å². The van der Waals surface area contributed by atoms with E-state index in [1.165, 1.54) is 18.2 Å². The Hall–Kier alpha value is -2.96. The Morgan fingerprint density at radius 1 is 1.20 bits per heavy atom. The van der Waals surface area contributed by atoms with Crippen molar-refractivity contribution in [3.05, 3.63) is 63.8 Å². The zero-order valence-corrected chi connectivity index (χ0v) is 10.0. The number of H-pyrrole nitrogens is 1. The lowest BCUT2D eigenvalue weighted by Crippen LogP contribution is -2.18. The highest BCUT2D eigenvalue weighted by Gasteiger charge is 2.12. The van der Waals surface area contributed by atoms with Gasteiger partial charge in [0.05, 0.1) is 11.3 Å². The largest absolute Gasteiger partial charge is 0.478 e. The summed E-state index contributed by atoms with van der Waals surface area (Å²) in [4.78, 5) is 35.9. The van der Waals surface area contributed by atoms with Gasteiger partial charge in [-0.25, -0.2) is 9.18 Å². The summed E-state index contributed by atoms with van der Waals surface area (Å²) in [6.07, 6.45) is 0. The quantitative estimate of drug-likeness (QED) is 0.790. The van der Waals surface area contributed by atoms with Gasteiger partial charge in [0, 0.05) is 6.07 Å². The number of carboxylic acids is 1. The van der Waals surface area contributed by atoms with E-state index < -0.39 is 23.3 Å². The van der Waals surface area contributed by atoms with E-state index in [4.69, 9.17) is 5.11 Å². The fourth-order valence-corrected chi connectivity index (χ4v) is 1.52. The Labute approximate surface area is 111 Å². The van der Waals surface area contributed by atoms with Crippen LogP contribution in [0.4, 0.5) is 10.1 Å². The monoisotopic (exact) mass is 276 g/mol. The first-order chi connectivity index (χ1) is 9.47. The SMILES string of the molecule is O=C(O)c1ccc(F)c(NC(=O)c2cccc(=O)[nH]2)c1. The fraction of sp³-hybridized carbons (Fsp3) is 0. The van der Waals surface area contributed by atoms with Crippen molar-refractivity contribution in [2.75, 3.05) is 5.32 Å². The van der Waals surface area contributed by atoms with Crippen molar-refractivity contribution in [2.24, 2.45) is 0 Å².